The second kappa shape index (κ2) is 6.64. The summed E-state index contributed by atoms with van der Waals surface area (Å²) in [6.07, 6.45) is -3.70. The SMILES string of the molecule is CCS(=O)(=O)c1ccc(NC)nc1-n1nc2cc(C(F)(F)F)ncc2c1Cl. The van der Waals surface area contributed by atoms with Gasteiger partial charge in [-0.2, -0.15) is 18.3 Å². The van der Waals surface area contributed by atoms with Crippen molar-refractivity contribution in [3.05, 3.63) is 35.2 Å². The molecule has 12 heteroatoms. The van der Waals surface area contributed by atoms with Gasteiger partial charge in [-0.25, -0.2) is 18.1 Å². The monoisotopic (exact) mass is 419 g/mol. The third-order valence-electron chi connectivity index (χ3n) is 3.80. The van der Waals surface area contributed by atoms with Gasteiger partial charge in [-0.15, -0.1) is 0 Å². The summed E-state index contributed by atoms with van der Waals surface area (Å²) in [7, 11) is -2.11. The van der Waals surface area contributed by atoms with Crippen molar-refractivity contribution in [2.75, 3.05) is 18.1 Å². The summed E-state index contributed by atoms with van der Waals surface area (Å²) < 4.78 is 64.4. The summed E-state index contributed by atoms with van der Waals surface area (Å²) in [6, 6.07) is 3.55. The lowest BCUT2D eigenvalue weighted by molar-refractivity contribution is -0.141. The van der Waals surface area contributed by atoms with Crippen LogP contribution in [0.4, 0.5) is 19.0 Å². The van der Waals surface area contributed by atoms with E-state index in [1.165, 1.54) is 19.1 Å². The zero-order valence-electron chi connectivity index (χ0n) is 14.0. The fourth-order valence-corrected chi connectivity index (χ4v) is 3.63. The van der Waals surface area contributed by atoms with Gasteiger partial charge in [0.2, 0.25) is 0 Å². The van der Waals surface area contributed by atoms with Crippen LogP contribution in [0, 0.1) is 0 Å². The molecule has 1 N–H and O–H groups in total. The predicted molar refractivity (Wildman–Crippen MR) is 93.9 cm³/mol. The summed E-state index contributed by atoms with van der Waals surface area (Å²) >= 11 is 6.24. The van der Waals surface area contributed by atoms with Gasteiger partial charge in [-0.05, 0) is 18.2 Å². The highest BCUT2D eigenvalue weighted by Gasteiger charge is 2.33. The summed E-state index contributed by atoms with van der Waals surface area (Å²) in [6.45, 7) is 1.46. The van der Waals surface area contributed by atoms with Crippen LogP contribution in [0.5, 0.6) is 0 Å². The molecule has 3 aromatic rings. The minimum absolute atomic E-state index is 0.0844. The maximum Gasteiger partial charge on any atom is 0.433 e. The third-order valence-corrected chi connectivity index (χ3v) is 5.91. The molecule has 0 saturated heterocycles. The molecular formula is C15H13ClF3N5O2S. The van der Waals surface area contributed by atoms with Crippen molar-refractivity contribution in [2.45, 2.75) is 18.0 Å². The number of fused-ring (bicyclic) bond motifs is 1. The Labute approximate surface area is 157 Å². The Bertz CT molecular complexity index is 1130. The molecule has 0 aliphatic rings. The van der Waals surface area contributed by atoms with Gasteiger partial charge >= 0.3 is 6.18 Å². The highest BCUT2D eigenvalue weighted by molar-refractivity contribution is 7.91. The molecule has 3 heterocycles. The number of aromatic nitrogens is 4. The van der Waals surface area contributed by atoms with Crippen LogP contribution in [0.3, 0.4) is 0 Å². The molecule has 0 fully saturated rings. The van der Waals surface area contributed by atoms with Crippen LogP contribution in [-0.4, -0.2) is 41.0 Å². The van der Waals surface area contributed by atoms with Crippen LogP contribution in [0.25, 0.3) is 16.7 Å². The molecule has 0 spiro atoms. The van der Waals surface area contributed by atoms with E-state index in [2.05, 4.69) is 20.4 Å². The van der Waals surface area contributed by atoms with Gasteiger partial charge in [-0.3, -0.25) is 4.98 Å². The Morgan fingerprint density at radius 1 is 1.30 bits per heavy atom. The molecule has 0 amide bonds. The first-order valence-electron chi connectivity index (χ1n) is 7.62. The van der Waals surface area contributed by atoms with Crippen molar-refractivity contribution in [1.29, 1.82) is 0 Å². The smallest absolute Gasteiger partial charge is 0.373 e. The second-order valence-electron chi connectivity index (χ2n) is 5.46. The van der Waals surface area contributed by atoms with Crippen molar-refractivity contribution in [3.8, 4) is 5.82 Å². The normalized spacial score (nSPS) is 12.5. The van der Waals surface area contributed by atoms with Crippen molar-refractivity contribution in [1.82, 2.24) is 19.7 Å². The van der Waals surface area contributed by atoms with Crippen molar-refractivity contribution in [3.63, 3.8) is 0 Å². The number of pyridine rings is 2. The van der Waals surface area contributed by atoms with Gasteiger partial charge < -0.3 is 5.32 Å². The number of rotatable bonds is 4. The van der Waals surface area contributed by atoms with E-state index in [0.717, 1.165) is 16.9 Å². The number of nitrogens with zero attached hydrogens (tertiary/aromatic N) is 4. The lowest BCUT2D eigenvalue weighted by Crippen LogP contribution is -2.12. The summed E-state index contributed by atoms with van der Waals surface area (Å²) in [5, 5.41) is 6.84. The molecule has 144 valence electrons. The van der Waals surface area contributed by atoms with Crippen LogP contribution in [0.2, 0.25) is 5.15 Å². The second-order valence-corrected chi connectivity index (χ2v) is 8.06. The van der Waals surface area contributed by atoms with Gasteiger partial charge in [0.15, 0.2) is 15.7 Å². The first kappa shape index (κ1) is 19.4. The molecule has 0 aliphatic carbocycles. The quantitative estimate of drug-likeness (QED) is 0.697. The van der Waals surface area contributed by atoms with Crippen LogP contribution in [0.15, 0.2) is 29.3 Å². The zero-order chi connectivity index (χ0) is 20.0. The zero-order valence-corrected chi connectivity index (χ0v) is 15.6. The first-order chi connectivity index (χ1) is 12.6. The molecular weight excluding hydrogens is 407 g/mol. The van der Waals surface area contributed by atoms with Crippen LogP contribution in [-0.2, 0) is 16.0 Å². The molecule has 0 aromatic carbocycles. The Morgan fingerprint density at radius 3 is 2.59 bits per heavy atom. The minimum Gasteiger partial charge on any atom is -0.373 e. The lowest BCUT2D eigenvalue weighted by atomic mass is 10.3. The molecule has 0 bridgehead atoms. The summed E-state index contributed by atoms with van der Waals surface area (Å²) in [5.74, 6) is 0.0296. The molecule has 3 aromatic heterocycles. The summed E-state index contributed by atoms with van der Waals surface area (Å²) in [5.41, 5.74) is -1.21. The number of anilines is 1. The lowest BCUT2D eigenvalue weighted by Gasteiger charge is -2.11. The van der Waals surface area contributed by atoms with E-state index >= 15 is 0 Å². The molecule has 7 nitrogen and oxygen atoms in total. The average Bonchev–Trinajstić information content (AvgIpc) is 2.96. The van der Waals surface area contributed by atoms with E-state index in [4.69, 9.17) is 11.6 Å². The number of halogens is 4. The Balaban J connectivity index is 2.30. The van der Waals surface area contributed by atoms with Gasteiger partial charge in [0.1, 0.15) is 21.6 Å². The first-order valence-corrected chi connectivity index (χ1v) is 9.65. The number of hydrogen-bond donors (Lipinski definition) is 1. The minimum atomic E-state index is -4.65. The number of hydrogen-bond acceptors (Lipinski definition) is 6. The molecule has 27 heavy (non-hydrogen) atoms. The van der Waals surface area contributed by atoms with E-state index in [-0.39, 0.29) is 32.5 Å². The Morgan fingerprint density at radius 2 is 2.00 bits per heavy atom. The van der Waals surface area contributed by atoms with E-state index in [1.54, 1.807) is 7.05 Å². The van der Waals surface area contributed by atoms with E-state index in [9.17, 15) is 21.6 Å². The molecule has 0 saturated carbocycles. The third kappa shape index (κ3) is 3.44. The number of nitrogens with one attached hydrogen (secondary N) is 1. The topological polar surface area (TPSA) is 89.8 Å². The van der Waals surface area contributed by atoms with Gasteiger partial charge in [0, 0.05) is 13.2 Å². The van der Waals surface area contributed by atoms with Gasteiger partial charge in [0.05, 0.1) is 16.7 Å². The van der Waals surface area contributed by atoms with Crippen molar-refractivity contribution in [2.24, 2.45) is 0 Å². The fraction of sp³-hybridized carbons (Fsp3) is 0.267. The average molecular weight is 420 g/mol. The maximum atomic E-state index is 12.9. The number of alkyl halides is 3. The van der Waals surface area contributed by atoms with Crippen molar-refractivity contribution >= 4 is 38.2 Å². The molecule has 0 atom stereocenters. The number of sulfone groups is 1. The van der Waals surface area contributed by atoms with Crippen LogP contribution >= 0.6 is 11.6 Å². The summed E-state index contributed by atoms with van der Waals surface area (Å²) in [4.78, 5) is 7.40. The standard InChI is InChI=1S/C15H13ClF3N5O2S/c1-3-27(25,26)10-4-5-12(20-2)22-14(10)24-13(16)8-7-21-11(15(17,18)19)6-9(8)23-24/h4-7H,3H2,1-2H3,(H,20,22). The highest BCUT2D eigenvalue weighted by atomic mass is 35.5. The Hall–Kier alpha value is -2.40. The molecule has 0 radical (unpaired) electrons. The molecule has 3 rings (SSSR count). The van der Waals surface area contributed by atoms with E-state index in [0.29, 0.717) is 5.82 Å². The fourth-order valence-electron chi connectivity index (χ4n) is 2.37. The molecule has 0 aliphatic heterocycles. The van der Waals surface area contributed by atoms with Crippen LogP contribution < -0.4 is 5.32 Å². The van der Waals surface area contributed by atoms with E-state index in [1.807, 2.05) is 0 Å². The molecule has 0 unspecified atom stereocenters. The predicted octanol–water partition coefficient (Wildman–Crippen LogP) is 3.32. The largest absolute Gasteiger partial charge is 0.433 e. The highest BCUT2D eigenvalue weighted by Crippen LogP contribution is 2.33. The van der Waals surface area contributed by atoms with Crippen LogP contribution in [0.1, 0.15) is 12.6 Å². The van der Waals surface area contributed by atoms with Gasteiger partial charge in [0.25, 0.3) is 0 Å². The van der Waals surface area contributed by atoms with E-state index < -0.39 is 21.7 Å². The van der Waals surface area contributed by atoms with Crippen molar-refractivity contribution < 1.29 is 21.6 Å². The Kier molecular flexibility index (Phi) is 4.76. The maximum absolute atomic E-state index is 12.9. The van der Waals surface area contributed by atoms with Gasteiger partial charge in [-0.1, -0.05) is 18.5 Å².